The number of hydrogen-bond donors (Lipinski definition) is 1. The number of carboxylic acids is 1. The van der Waals surface area contributed by atoms with Gasteiger partial charge in [0.25, 0.3) is 0 Å². The smallest absolute Gasteiger partial charge is 0.353 e. The Morgan fingerprint density at radius 1 is 1.24 bits per heavy atom. The summed E-state index contributed by atoms with van der Waals surface area (Å²) in [5.74, 6) is -0.971. The van der Waals surface area contributed by atoms with Gasteiger partial charge in [-0.25, -0.2) is 4.79 Å². The molecule has 5 heteroatoms. The molecule has 0 radical (unpaired) electrons. The van der Waals surface area contributed by atoms with Crippen molar-refractivity contribution < 1.29 is 14.7 Å². The number of fused-ring (bicyclic) bond motifs is 1. The van der Waals surface area contributed by atoms with Gasteiger partial charge in [0.15, 0.2) is 0 Å². The lowest BCUT2D eigenvalue weighted by atomic mass is 10.0. The maximum atomic E-state index is 12.4. The number of thioether (sulfide) groups is 1. The zero-order chi connectivity index (χ0) is 14.8. The fourth-order valence-corrected chi connectivity index (χ4v) is 3.46. The number of benzene rings is 1. The van der Waals surface area contributed by atoms with E-state index in [4.69, 9.17) is 5.11 Å². The van der Waals surface area contributed by atoms with Gasteiger partial charge in [0.1, 0.15) is 5.70 Å². The van der Waals surface area contributed by atoms with E-state index in [1.54, 1.807) is 11.6 Å². The van der Waals surface area contributed by atoms with Crippen molar-refractivity contribution in [1.82, 2.24) is 4.90 Å². The minimum absolute atomic E-state index is 0.0306. The van der Waals surface area contributed by atoms with Gasteiger partial charge in [-0.2, -0.15) is 0 Å². The first-order valence-corrected chi connectivity index (χ1v) is 7.74. The van der Waals surface area contributed by atoms with Crippen LogP contribution in [0.15, 0.2) is 47.0 Å². The predicted molar refractivity (Wildman–Crippen MR) is 81.3 cm³/mol. The van der Waals surface area contributed by atoms with Gasteiger partial charge in [0.2, 0.25) is 5.91 Å². The molecule has 1 amide bonds. The third-order valence-corrected chi connectivity index (χ3v) is 4.45. The Kier molecular flexibility index (Phi) is 3.84. The second-order valence-electron chi connectivity index (χ2n) is 5.24. The fraction of sp³-hybridized carbons (Fsp3) is 0.250. The SMILES string of the molecule is O=C(O)C1=CSC=CN1C(=O)CC1Cc2ccccc2C1. The topological polar surface area (TPSA) is 57.6 Å². The molecular weight excluding hydrogens is 286 g/mol. The van der Waals surface area contributed by atoms with Crippen LogP contribution in [0.3, 0.4) is 0 Å². The van der Waals surface area contributed by atoms with E-state index in [-0.39, 0.29) is 17.5 Å². The van der Waals surface area contributed by atoms with E-state index in [2.05, 4.69) is 12.1 Å². The number of rotatable bonds is 3. The van der Waals surface area contributed by atoms with Crippen LogP contribution in [0.4, 0.5) is 0 Å². The molecule has 1 aliphatic heterocycles. The van der Waals surface area contributed by atoms with E-state index < -0.39 is 5.97 Å². The lowest BCUT2D eigenvalue weighted by Gasteiger charge is -2.22. The van der Waals surface area contributed by atoms with Crippen molar-refractivity contribution in [3.05, 3.63) is 58.1 Å². The van der Waals surface area contributed by atoms with Gasteiger partial charge in [-0.05, 0) is 35.3 Å². The maximum Gasteiger partial charge on any atom is 0.353 e. The van der Waals surface area contributed by atoms with Crippen LogP contribution in [-0.4, -0.2) is 21.9 Å². The summed E-state index contributed by atoms with van der Waals surface area (Å²) in [6.07, 6.45) is 3.69. The highest BCUT2D eigenvalue weighted by Crippen LogP contribution is 2.30. The van der Waals surface area contributed by atoms with Crippen molar-refractivity contribution in [2.75, 3.05) is 0 Å². The van der Waals surface area contributed by atoms with Crippen LogP contribution in [0, 0.1) is 5.92 Å². The standard InChI is InChI=1S/C16H15NO3S/c18-15(17-5-6-21-10-14(17)16(19)20)9-11-7-12-3-1-2-4-13(12)8-11/h1-6,10-11H,7-9H2,(H,19,20). The third-order valence-electron chi connectivity index (χ3n) is 3.81. The molecule has 0 saturated carbocycles. The van der Waals surface area contributed by atoms with E-state index in [0.29, 0.717) is 6.42 Å². The van der Waals surface area contributed by atoms with E-state index in [1.165, 1.54) is 33.2 Å². The molecule has 21 heavy (non-hydrogen) atoms. The highest BCUT2D eigenvalue weighted by Gasteiger charge is 2.28. The van der Waals surface area contributed by atoms with Crippen LogP contribution < -0.4 is 0 Å². The van der Waals surface area contributed by atoms with Crippen molar-refractivity contribution in [3.8, 4) is 0 Å². The molecule has 0 saturated heterocycles. The summed E-state index contributed by atoms with van der Waals surface area (Å²) in [6.45, 7) is 0. The molecule has 0 atom stereocenters. The minimum Gasteiger partial charge on any atom is -0.477 e. The second kappa shape index (κ2) is 5.77. The molecule has 1 N–H and O–H groups in total. The maximum absolute atomic E-state index is 12.4. The second-order valence-corrected chi connectivity index (χ2v) is 6.02. The Balaban J connectivity index is 1.68. The normalized spacial score (nSPS) is 17.5. The first-order valence-electron chi connectivity index (χ1n) is 6.79. The average Bonchev–Trinajstić information content (AvgIpc) is 2.89. The van der Waals surface area contributed by atoms with Gasteiger partial charge in [-0.15, -0.1) is 11.8 Å². The van der Waals surface area contributed by atoms with Crippen LogP contribution in [0.25, 0.3) is 0 Å². The quantitative estimate of drug-likeness (QED) is 0.932. The Morgan fingerprint density at radius 2 is 1.90 bits per heavy atom. The number of nitrogens with zero attached hydrogens (tertiary/aromatic N) is 1. The molecule has 1 heterocycles. The van der Waals surface area contributed by atoms with Crippen molar-refractivity contribution in [3.63, 3.8) is 0 Å². The van der Waals surface area contributed by atoms with Crippen LogP contribution >= 0.6 is 11.8 Å². The van der Waals surface area contributed by atoms with E-state index in [0.717, 1.165) is 12.8 Å². The van der Waals surface area contributed by atoms with Gasteiger partial charge in [-0.3, -0.25) is 9.69 Å². The van der Waals surface area contributed by atoms with Gasteiger partial charge in [0, 0.05) is 18.0 Å². The van der Waals surface area contributed by atoms with Crippen LogP contribution in [0.2, 0.25) is 0 Å². The molecule has 0 spiro atoms. The van der Waals surface area contributed by atoms with E-state index in [9.17, 15) is 9.59 Å². The van der Waals surface area contributed by atoms with Gasteiger partial charge in [0.05, 0.1) is 0 Å². The molecule has 3 rings (SSSR count). The Hall–Kier alpha value is -2.01. The summed E-state index contributed by atoms with van der Waals surface area (Å²) in [5.41, 5.74) is 2.63. The van der Waals surface area contributed by atoms with E-state index >= 15 is 0 Å². The first-order chi connectivity index (χ1) is 10.1. The largest absolute Gasteiger partial charge is 0.477 e. The molecule has 1 aromatic carbocycles. The third kappa shape index (κ3) is 2.88. The predicted octanol–water partition coefficient (Wildman–Crippen LogP) is 2.76. The summed E-state index contributed by atoms with van der Waals surface area (Å²) in [5, 5.41) is 12.4. The Bertz CT molecular complexity index is 626. The fourth-order valence-electron chi connectivity index (χ4n) is 2.85. The van der Waals surface area contributed by atoms with Crippen molar-refractivity contribution in [1.29, 1.82) is 0 Å². The number of hydrogen-bond acceptors (Lipinski definition) is 3. The van der Waals surface area contributed by atoms with Crippen molar-refractivity contribution >= 4 is 23.6 Å². The highest BCUT2D eigenvalue weighted by molar-refractivity contribution is 8.05. The summed E-state index contributed by atoms with van der Waals surface area (Å²) in [6, 6.07) is 8.22. The summed E-state index contributed by atoms with van der Waals surface area (Å²) >= 11 is 1.27. The van der Waals surface area contributed by atoms with Gasteiger partial charge < -0.3 is 5.11 Å². The summed E-state index contributed by atoms with van der Waals surface area (Å²) in [7, 11) is 0. The van der Waals surface area contributed by atoms with Crippen LogP contribution in [0.5, 0.6) is 0 Å². The molecule has 1 aliphatic carbocycles. The van der Waals surface area contributed by atoms with Crippen LogP contribution in [0.1, 0.15) is 17.5 Å². The summed E-state index contributed by atoms with van der Waals surface area (Å²) < 4.78 is 0. The minimum atomic E-state index is -1.07. The lowest BCUT2D eigenvalue weighted by molar-refractivity contribution is -0.138. The van der Waals surface area contributed by atoms with Crippen molar-refractivity contribution in [2.24, 2.45) is 5.92 Å². The monoisotopic (exact) mass is 301 g/mol. The lowest BCUT2D eigenvalue weighted by Crippen LogP contribution is -2.31. The molecule has 4 nitrogen and oxygen atoms in total. The molecule has 0 fully saturated rings. The van der Waals surface area contributed by atoms with Gasteiger partial charge in [-0.1, -0.05) is 24.3 Å². The number of carboxylic acid groups (broad SMARTS) is 1. The van der Waals surface area contributed by atoms with Crippen LogP contribution in [-0.2, 0) is 22.4 Å². The van der Waals surface area contributed by atoms with Gasteiger partial charge >= 0.3 is 5.97 Å². The molecule has 0 unspecified atom stereocenters. The Labute approximate surface area is 127 Å². The zero-order valence-corrected chi connectivity index (χ0v) is 12.2. The highest BCUT2D eigenvalue weighted by atomic mass is 32.2. The molecule has 2 aliphatic rings. The Morgan fingerprint density at radius 3 is 2.52 bits per heavy atom. The summed E-state index contributed by atoms with van der Waals surface area (Å²) in [4.78, 5) is 24.8. The molecule has 108 valence electrons. The van der Waals surface area contributed by atoms with E-state index in [1.807, 2.05) is 12.1 Å². The number of aliphatic carboxylic acids is 1. The number of amides is 1. The molecule has 1 aromatic rings. The molecule has 0 bridgehead atoms. The first kappa shape index (κ1) is 13.9. The zero-order valence-electron chi connectivity index (χ0n) is 11.4. The number of carbonyl (C=O) groups is 2. The average molecular weight is 301 g/mol. The van der Waals surface area contributed by atoms with Crippen molar-refractivity contribution in [2.45, 2.75) is 19.3 Å². The number of carbonyl (C=O) groups excluding carboxylic acids is 1. The molecular formula is C16H15NO3S. The molecule has 0 aromatic heterocycles.